The molecule has 1 aromatic rings. The van der Waals surface area contributed by atoms with Crippen molar-refractivity contribution in [2.45, 2.75) is 13.0 Å². The largest absolute Gasteiger partial charge is 0.493 e. The Morgan fingerprint density at radius 2 is 2.38 bits per heavy atom. The quantitative estimate of drug-likeness (QED) is 0.822. The van der Waals surface area contributed by atoms with Crippen molar-refractivity contribution >= 4 is 0 Å². The zero-order chi connectivity index (χ0) is 11.2. The van der Waals surface area contributed by atoms with Crippen molar-refractivity contribution < 1.29 is 9.47 Å². The maximum Gasteiger partial charge on any atom is 0.119 e. The van der Waals surface area contributed by atoms with Crippen molar-refractivity contribution in [1.29, 1.82) is 0 Å². The van der Waals surface area contributed by atoms with Gasteiger partial charge in [0.1, 0.15) is 5.75 Å². The molecule has 88 valence electrons. The fourth-order valence-corrected chi connectivity index (χ4v) is 1.96. The van der Waals surface area contributed by atoms with Crippen molar-refractivity contribution in [1.82, 2.24) is 5.32 Å². The summed E-state index contributed by atoms with van der Waals surface area (Å²) in [5.41, 5.74) is 1.16. The van der Waals surface area contributed by atoms with Crippen molar-refractivity contribution in [3.05, 3.63) is 29.8 Å². The lowest BCUT2D eigenvalue weighted by Crippen LogP contribution is -2.15. The van der Waals surface area contributed by atoms with Crippen molar-refractivity contribution in [3.63, 3.8) is 0 Å². The molecule has 1 N–H and O–H groups in total. The number of rotatable bonds is 5. The molecule has 1 unspecified atom stereocenters. The van der Waals surface area contributed by atoms with Crippen LogP contribution in [0.25, 0.3) is 0 Å². The predicted molar refractivity (Wildman–Crippen MR) is 63.6 cm³/mol. The Balaban J connectivity index is 1.85. The smallest absolute Gasteiger partial charge is 0.119 e. The highest BCUT2D eigenvalue weighted by Gasteiger charge is 2.14. The van der Waals surface area contributed by atoms with Gasteiger partial charge in [-0.1, -0.05) is 12.1 Å². The summed E-state index contributed by atoms with van der Waals surface area (Å²) in [4.78, 5) is 0. The Morgan fingerprint density at radius 3 is 3.12 bits per heavy atom. The number of hydrogen-bond donors (Lipinski definition) is 1. The maximum absolute atomic E-state index is 5.78. The van der Waals surface area contributed by atoms with Crippen LogP contribution >= 0.6 is 0 Å². The molecule has 1 aliphatic heterocycles. The molecular formula is C13H19NO2. The highest BCUT2D eigenvalue weighted by molar-refractivity contribution is 5.28. The van der Waals surface area contributed by atoms with Crippen LogP contribution in [0.1, 0.15) is 12.0 Å². The Labute approximate surface area is 96.8 Å². The van der Waals surface area contributed by atoms with Crippen LogP contribution in [0.4, 0.5) is 0 Å². The summed E-state index contributed by atoms with van der Waals surface area (Å²) in [7, 11) is 1.71. The first-order chi connectivity index (χ1) is 7.88. The maximum atomic E-state index is 5.78. The third-order valence-electron chi connectivity index (χ3n) is 2.86. The van der Waals surface area contributed by atoms with Crippen LogP contribution in [0.3, 0.4) is 0 Å². The molecule has 0 saturated carbocycles. The van der Waals surface area contributed by atoms with E-state index >= 15 is 0 Å². The van der Waals surface area contributed by atoms with Crippen LogP contribution in [-0.4, -0.2) is 26.8 Å². The lowest BCUT2D eigenvalue weighted by molar-refractivity contribution is 0.184. The molecule has 1 fully saturated rings. The second-order valence-corrected chi connectivity index (χ2v) is 4.25. The predicted octanol–water partition coefficient (Wildman–Crippen LogP) is 1.82. The lowest BCUT2D eigenvalue weighted by atomic mass is 10.1. The molecule has 16 heavy (non-hydrogen) atoms. The molecule has 0 amide bonds. The second-order valence-electron chi connectivity index (χ2n) is 4.25. The fourth-order valence-electron chi connectivity index (χ4n) is 1.96. The van der Waals surface area contributed by atoms with E-state index in [-0.39, 0.29) is 0 Å². The first-order valence-electron chi connectivity index (χ1n) is 5.80. The lowest BCUT2D eigenvalue weighted by Gasteiger charge is -2.11. The standard InChI is InChI=1S/C13H19NO2/c1-15-9-11-3-2-4-13(7-11)16-10-12-5-6-14-8-12/h2-4,7,12,14H,5-6,8-10H2,1H3. The van der Waals surface area contributed by atoms with Crippen LogP contribution < -0.4 is 10.1 Å². The molecule has 0 spiro atoms. The van der Waals surface area contributed by atoms with Crippen LogP contribution in [0, 0.1) is 5.92 Å². The number of nitrogens with one attached hydrogen (secondary N) is 1. The van der Waals surface area contributed by atoms with Gasteiger partial charge in [-0.05, 0) is 30.7 Å². The number of hydrogen-bond acceptors (Lipinski definition) is 3. The normalized spacial score (nSPS) is 19.9. The van der Waals surface area contributed by atoms with Crippen LogP contribution in [0.2, 0.25) is 0 Å². The van der Waals surface area contributed by atoms with E-state index in [4.69, 9.17) is 9.47 Å². The molecule has 2 rings (SSSR count). The van der Waals surface area contributed by atoms with E-state index in [1.807, 2.05) is 24.3 Å². The third-order valence-corrected chi connectivity index (χ3v) is 2.86. The van der Waals surface area contributed by atoms with E-state index in [0.717, 1.165) is 31.0 Å². The van der Waals surface area contributed by atoms with Gasteiger partial charge >= 0.3 is 0 Å². The number of ether oxygens (including phenoxy) is 2. The number of benzene rings is 1. The molecule has 0 aromatic heterocycles. The van der Waals surface area contributed by atoms with E-state index in [9.17, 15) is 0 Å². The summed E-state index contributed by atoms with van der Waals surface area (Å²) < 4.78 is 10.9. The molecule has 1 saturated heterocycles. The van der Waals surface area contributed by atoms with E-state index in [0.29, 0.717) is 12.5 Å². The molecule has 1 aromatic carbocycles. The Hall–Kier alpha value is -1.06. The summed E-state index contributed by atoms with van der Waals surface area (Å²) in [5.74, 6) is 1.60. The molecule has 0 bridgehead atoms. The second kappa shape index (κ2) is 5.87. The van der Waals surface area contributed by atoms with Crippen molar-refractivity contribution in [2.75, 3.05) is 26.8 Å². The van der Waals surface area contributed by atoms with Crippen LogP contribution in [0.15, 0.2) is 24.3 Å². The Bertz CT molecular complexity index is 321. The topological polar surface area (TPSA) is 30.5 Å². The number of methoxy groups -OCH3 is 1. The first kappa shape index (κ1) is 11.4. The monoisotopic (exact) mass is 221 g/mol. The van der Waals surface area contributed by atoms with Crippen LogP contribution in [0.5, 0.6) is 5.75 Å². The van der Waals surface area contributed by atoms with Gasteiger partial charge in [-0.3, -0.25) is 0 Å². The minimum Gasteiger partial charge on any atom is -0.493 e. The zero-order valence-electron chi connectivity index (χ0n) is 9.74. The van der Waals surface area contributed by atoms with Gasteiger partial charge in [0.25, 0.3) is 0 Å². The molecule has 3 nitrogen and oxygen atoms in total. The van der Waals surface area contributed by atoms with Crippen molar-refractivity contribution in [2.24, 2.45) is 5.92 Å². The molecule has 0 radical (unpaired) electrons. The van der Waals surface area contributed by atoms with Gasteiger partial charge in [-0.25, -0.2) is 0 Å². The molecule has 3 heteroatoms. The summed E-state index contributed by atoms with van der Waals surface area (Å²) in [6, 6.07) is 8.11. The Morgan fingerprint density at radius 1 is 1.44 bits per heavy atom. The van der Waals surface area contributed by atoms with Gasteiger partial charge in [-0.2, -0.15) is 0 Å². The van der Waals surface area contributed by atoms with E-state index in [1.54, 1.807) is 7.11 Å². The SMILES string of the molecule is COCc1cccc(OCC2CCNC2)c1. The first-order valence-corrected chi connectivity index (χ1v) is 5.80. The molecule has 1 aliphatic rings. The van der Waals surface area contributed by atoms with Gasteiger partial charge < -0.3 is 14.8 Å². The minimum atomic E-state index is 0.641. The summed E-state index contributed by atoms with van der Waals surface area (Å²) >= 11 is 0. The highest BCUT2D eigenvalue weighted by atomic mass is 16.5. The minimum absolute atomic E-state index is 0.641. The van der Waals surface area contributed by atoms with Gasteiger partial charge in [0, 0.05) is 19.6 Å². The van der Waals surface area contributed by atoms with Crippen molar-refractivity contribution in [3.8, 4) is 5.75 Å². The summed E-state index contributed by atoms with van der Waals surface area (Å²) in [6.07, 6.45) is 1.22. The van der Waals surface area contributed by atoms with Gasteiger partial charge in [-0.15, -0.1) is 0 Å². The molecule has 1 atom stereocenters. The average molecular weight is 221 g/mol. The van der Waals surface area contributed by atoms with Gasteiger partial charge in [0.15, 0.2) is 0 Å². The van der Waals surface area contributed by atoms with Crippen LogP contribution in [-0.2, 0) is 11.3 Å². The van der Waals surface area contributed by atoms with E-state index in [1.165, 1.54) is 6.42 Å². The summed E-state index contributed by atoms with van der Waals surface area (Å²) in [5, 5.41) is 3.34. The molecule has 0 aliphatic carbocycles. The Kier molecular flexibility index (Phi) is 4.19. The van der Waals surface area contributed by atoms with Gasteiger partial charge in [0.05, 0.1) is 13.2 Å². The molecule has 1 heterocycles. The van der Waals surface area contributed by atoms with E-state index < -0.39 is 0 Å². The molecular weight excluding hydrogens is 202 g/mol. The van der Waals surface area contributed by atoms with Gasteiger partial charge in [0.2, 0.25) is 0 Å². The fraction of sp³-hybridized carbons (Fsp3) is 0.538. The zero-order valence-corrected chi connectivity index (χ0v) is 9.74. The highest BCUT2D eigenvalue weighted by Crippen LogP contribution is 2.16. The average Bonchev–Trinajstić information content (AvgIpc) is 2.80. The third kappa shape index (κ3) is 3.22. The summed E-state index contributed by atoms with van der Waals surface area (Å²) in [6.45, 7) is 3.65. The van der Waals surface area contributed by atoms with E-state index in [2.05, 4.69) is 5.32 Å².